The number of para-hydroxylation sites is 3. The fraction of sp³-hybridized carbons (Fsp3) is 0. The third-order valence-corrected chi connectivity index (χ3v) is 12.0. The molecule has 0 aliphatic rings. The lowest BCUT2D eigenvalue weighted by Crippen LogP contribution is -2.27. The standard InChI is InChI=1S/C51H25B6N5O/c52-28-22-34-39-41(56)42(57)40-35-23-29(53)25-37(55)44(35)62(46(40)45(39)61(43(34)36(54)24-28)30-16-8-3-9-17-30)38-21-11-19-32-31-18-10-20-33(47(31)63-48(32)38)51-59-49(26-12-4-1-5-13-26)58-50(60-51)27-14-6-2-7-15-27/h1-25H. The molecular weight excluding hydrogens is 763 g/mol. The van der Waals surface area contributed by atoms with Crippen LogP contribution < -0.4 is 32.8 Å². The Hall–Kier alpha value is -7.44. The summed E-state index contributed by atoms with van der Waals surface area (Å²) in [6.45, 7) is 0. The Kier molecular flexibility index (Phi) is 8.32. The third kappa shape index (κ3) is 5.57. The van der Waals surface area contributed by atoms with Crippen LogP contribution in [0, 0.1) is 0 Å². The second-order valence-electron chi connectivity index (χ2n) is 15.8. The van der Waals surface area contributed by atoms with E-state index in [0.717, 1.165) is 54.9 Å². The molecule has 0 amide bonds. The van der Waals surface area contributed by atoms with Crippen molar-refractivity contribution in [2.24, 2.45) is 0 Å². The van der Waals surface area contributed by atoms with E-state index >= 15 is 0 Å². The van der Waals surface area contributed by atoms with Crippen molar-refractivity contribution in [3.8, 4) is 45.5 Å². The van der Waals surface area contributed by atoms with Crippen LogP contribution in [-0.2, 0) is 0 Å². The zero-order valence-electron chi connectivity index (χ0n) is 33.5. The summed E-state index contributed by atoms with van der Waals surface area (Å²) >= 11 is 0. The average Bonchev–Trinajstić information content (AvgIpc) is 3.97. The van der Waals surface area contributed by atoms with Crippen molar-refractivity contribution in [3.63, 3.8) is 0 Å². The summed E-state index contributed by atoms with van der Waals surface area (Å²) in [6.07, 6.45) is 0. The molecule has 0 aliphatic heterocycles. The molecular formula is C51H25B6N5O. The van der Waals surface area contributed by atoms with E-state index in [9.17, 15) is 0 Å². The van der Waals surface area contributed by atoms with Gasteiger partial charge in [-0.2, -0.15) is 0 Å². The molecule has 4 heterocycles. The molecule has 0 saturated heterocycles. The van der Waals surface area contributed by atoms with Gasteiger partial charge in [0.25, 0.3) is 0 Å². The van der Waals surface area contributed by atoms with Gasteiger partial charge >= 0.3 is 0 Å². The minimum absolute atomic E-state index is 0.372. The molecule has 0 aliphatic carbocycles. The zero-order valence-corrected chi connectivity index (χ0v) is 33.5. The third-order valence-electron chi connectivity index (χ3n) is 12.0. The van der Waals surface area contributed by atoms with Gasteiger partial charge < -0.3 is 13.6 Å². The van der Waals surface area contributed by atoms with Gasteiger partial charge in [0.1, 0.15) is 52.7 Å². The molecule has 0 saturated carbocycles. The fourth-order valence-corrected chi connectivity index (χ4v) is 9.37. The van der Waals surface area contributed by atoms with E-state index in [1.165, 1.54) is 0 Å². The number of aromatic nitrogens is 5. The number of nitrogens with zero attached hydrogens (tertiary/aromatic N) is 5. The van der Waals surface area contributed by atoms with Gasteiger partial charge in [0, 0.05) is 60.2 Å². The Balaban J connectivity index is 1.22. The Bertz CT molecular complexity index is 3810. The van der Waals surface area contributed by atoms with Gasteiger partial charge in [-0.25, -0.2) is 15.0 Å². The second-order valence-corrected chi connectivity index (χ2v) is 15.8. The molecule has 0 spiro atoms. The molecule has 6 nitrogen and oxygen atoms in total. The predicted octanol–water partition coefficient (Wildman–Crippen LogP) is 5.73. The predicted molar refractivity (Wildman–Crippen MR) is 264 cm³/mol. The van der Waals surface area contributed by atoms with Crippen molar-refractivity contribution in [1.29, 1.82) is 0 Å². The SMILES string of the molecule is [B]c1cc([B])c2c(c1)c1c([B])c([B])c3c4cc([B])cc([B])c4n(-c4cccc5c4oc4c(-c6nc(-c7ccccc7)nc(-c7ccccc7)n6)cccc45)c3c1n2-c1ccccc1. The molecule has 8 aromatic carbocycles. The van der Waals surface area contributed by atoms with Crippen LogP contribution in [0.2, 0.25) is 0 Å². The highest BCUT2D eigenvalue weighted by Gasteiger charge is 2.28. The number of rotatable bonds is 5. The Labute approximate surface area is 369 Å². The molecule has 0 unspecified atom stereocenters. The average molecular weight is 789 g/mol. The number of hydrogen-bond acceptors (Lipinski definition) is 4. The maximum atomic E-state index is 7.19. The van der Waals surface area contributed by atoms with Crippen molar-refractivity contribution >= 4 is 145 Å². The topological polar surface area (TPSA) is 61.7 Å². The molecule has 4 aromatic heterocycles. The summed E-state index contributed by atoms with van der Waals surface area (Å²) in [6, 6.07) is 49.2. The van der Waals surface area contributed by atoms with Gasteiger partial charge in [-0.3, -0.25) is 0 Å². The van der Waals surface area contributed by atoms with Gasteiger partial charge in [0.2, 0.25) is 0 Å². The summed E-state index contributed by atoms with van der Waals surface area (Å²) in [5.74, 6) is 1.57. The lowest BCUT2D eigenvalue weighted by atomic mass is 9.74. The van der Waals surface area contributed by atoms with Crippen molar-refractivity contribution in [1.82, 2.24) is 24.1 Å². The van der Waals surface area contributed by atoms with Gasteiger partial charge in [-0.1, -0.05) is 160 Å². The molecule has 0 fully saturated rings. The molecule has 12 heteroatoms. The summed E-state index contributed by atoms with van der Waals surface area (Å²) in [7, 11) is 41.3. The molecule has 278 valence electrons. The molecule has 0 bridgehead atoms. The van der Waals surface area contributed by atoms with E-state index in [1.54, 1.807) is 12.1 Å². The summed E-state index contributed by atoms with van der Waals surface area (Å²) in [5.41, 5.74) is 10.8. The molecule has 0 N–H and O–H groups in total. The number of fused-ring (bicyclic) bond motifs is 10. The number of furan rings is 1. The lowest BCUT2D eigenvalue weighted by Gasteiger charge is -2.16. The van der Waals surface area contributed by atoms with Crippen LogP contribution in [0.15, 0.2) is 156 Å². The first kappa shape index (κ1) is 37.3. The largest absolute Gasteiger partial charge is 0.453 e. The van der Waals surface area contributed by atoms with Gasteiger partial charge in [0.15, 0.2) is 23.1 Å². The number of hydrogen-bond donors (Lipinski definition) is 0. The van der Waals surface area contributed by atoms with Crippen LogP contribution in [-0.4, -0.2) is 71.2 Å². The smallest absolute Gasteiger partial charge is 0.167 e. The Morgan fingerprint density at radius 1 is 0.397 bits per heavy atom. The molecule has 12 aromatic rings. The molecule has 0 atom stereocenters. The van der Waals surface area contributed by atoms with Crippen LogP contribution in [0.3, 0.4) is 0 Å². The van der Waals surface area contributed by atoms with Crippen molar-refractivity contribution in [2.45, 2.75) is 0 Å². The second kappa shape index (κ2) is 14.0. The number of benzene rings is 8. The Morgan fingerprint density at radius 3 is 1.44 bits per heavy atom. The first-order chi connectivity index (χ1) is 30.7. The molecule has 12 rings (SSSR count). The van der Waals surface area contributed by atoms with E-state index in [1.807, 2.05) is 140 Å². The van der Waals surface area contributed by atoms with Crippen LogP contribution in [0.25, 0.3) is 111 Å². The minimum Gasteiger partial charge on any atom is -0.453 e. The summed E-state index contributed by atoms with van der Waals surface area (Å²) < 4.78 is 11.4. The first-order valence-corrected chi connectivity index (χ1v) is 20.4. The highest BCUT2D eigenvalue weighted by molar-refractivity contribution is 6.61. The Morgan fingerprint density at radius 2 is 0.873 bits per heavy atom. The molecule has 12 radical (unpaired) electrons. The van der Waals surface area contributed by atoms with E-state index in [2.05, 4.69) is 9.13 Å². The maximum Gasteiger partial charge on any atom is 0.167 e. The first-order valence-electron chi connectivity index (χ1n) is 20.4. The van der Waals surface area contributed by atoms with Crippen LogP contribution in [0.1, 0.15) is 0 Å². The van der Waals surface area contributed by atoms with E-state index < -0.39 is 0 Å². The van der Waals surface area contributed by atoms with Crippen LogP contribution in [0.4, 0.5) is 0 Å². The zero-order chi connectivity index (χ0) is 42.7. The summed E-state index contributed by atoms with van der Waals surface area (Å²) in [4.78, 5) is 15.0. The lowest BCUT2D eigenvalue weighted by molar-refractivity contribution is 0.667. The van der Waals surface area contributed by atoms with Gasteiger partial charge in [0.05, 0.1) is 22.3 Å². The van der Waals surface area contributed by atoms with Crippen LogP contribution in [0.5, 0.6) is 0 Å². The quantitative estimate of drug-likeness (QED) is 0.209. The maximum absolute atomic E-state index is 7.19. The molecule has 63 heavy (non-hydrogen) atoms. The minimum atomic E-state index is 0.372. The van der Waals surface area contributed by atoms with Crippen LogP contribution >= 0.6 is 0 Å². The van der Waals surface area contributed by atoms with E-state index in [-0.39, 0.29) is 0 Å². The van der Waals surface area contributed by atoms with Gasteiger partial charge in [-0.15, -0.1) is 0 Å². The fourth-order valence-electron chi connectivity index (χ4n) is 9.37. The van der Waals surface area contributed by atoms with Crippen molar-refractivity contribution in [3.05, 3.63) is 152 Å². The van der Waals surface area contributed by atoms with Crippen molar-refractivity contribution < 1.29 is 4.42 Å². The van der Waals surface area contributed by atoms with Crippen molar-refractivity contribution in [2.75, 3.05) is 0 Å². The highest BCUT2D eigenvalue weighted by atomic mass is 16.3. The van der Waals surface area contributed by atoms with E-state index in [0.29, 0.717) is 89.0 Å². The normalized spacial score (nSPS) is 11.9. The summed E-state index contributed by atoms with van der Waals surface area (Å²) in [5, 5.41) is 4.62. The monoisotopic (exact) mass is 789 g/mol. The van der Waals surface area contributed by atoms with Gasteiger partial charge in [-0.05, 0) is 24.3 Å². The van der Waals surface area contributed by atoms with E-state index in [4.69, 9.17) is 66.4 Å². The highest BCUT2D eigenvalue weighted by Crippen LogP contribution is 2.43.